The van der Waals surface area contributed by atoms with Crippen LogP contribution in [0.1, 0.15) is 0 Å². The van der Waals surface area contributed by atoms with Crippen molar-refractivity contribution in [1.82, 2.24) is 0 Å². The Morgan fingerprint density at radius 2 is 0.800 bits per heavy atom. The fourth-order valence-corrected chi connectivity index (χ4v) is 0. The van der Waals surface area contributed by atoms with Gasteiger partial charge in [0.1, 0.15) is 0 Å². The van der Waals surface area contributed by atoms with Crippen LogP contribution in [-0.4, -0.2) is 39.4 Å². The van der Waals surface area contributed by atoms with Crippen molar-refractivity contribution in [2.45, 2.75) is 0 Å². The molecule has 0 aromatic carbocycles. The van der Waals surface area contributed by atoms with Gasteiger partial charge in [0.2, 0.25) is 0 Å². The smallest absolute Gasteiger partial charge is 0.0311 e. The molecule has 0 atom stereocenters. The molecule has 10 heteroatoms. The minimum absolute atomic E-state index is 0. The van der Waals surface area contributed by atoms with Gasteiger partial charge in [-0.1, -0.05) is 0 Å². The van der Waals surface area contributed by atoms with Crippen LogP contribution in [0.25, 0.3) is 0 Å². The molecule has 8 N–H and O–H groups in total. The summed E-state index contributed by atoms with van der Waals surface area (Å²) in [7, 11) is -5.17. The Kier molecular flexibility index (Phi) is 72.3. The van der Waals surface area contributed by atoms with Crippen molar-refractivity contribution in [3.63, 3.8) is 0 Å². The van der Waals surface area contributed by atoms with Gasteiger partial charge in [0, 0.05) is 52.1 Å². The van der Waals surface area contributed by atoms with Gasteiger partial charge in [0.25, 0.3) is 0 Å². The first-order valence-corrected chi connectivity index (χ1v) is 2.00. The summed E-state index contributed by atoms with van der Waals surface area (Å²) in [4.78, 5) is 0. The van der Waals surface area contributed by atoms with Gasteiger partial charge in [0.15, 0.2) is 0 Å². The molecule has 0 rings (SSSR count). The molecule has 10 heavy (non-hydrogen) atoms. The normalized spacial score (nSPS) is 5.80. The second-order valence-electron chi connectivity index (χ2n) is 0.408. The Bertz CT molecular complexity index is 92.4. The molecular formula is H8CeO8S-2. The number of rotatable bonds is 0. The van der Waals surface area contributed by atoms with Crippen molar-refractivity contribution < 1.29 is 81.2 Å². The third kappa shape index (κ3) is 503. The minimum Gasteiger partial charge on any atom is -0.759 e. The van der Waals surface area contributed by atoms with Crippen LogP contribution in [0.15, 0.2) is 0 Å². The fourth-order valence-electron chi connectivity index (χ4n) is 0. The van der Waals surface area contributed by atoms with Crippen molar-refractivity contribution in [3.8, 4) is 0 Å². The molecule has 0 aliphatic rings. The summed E-state index contributed by atoms with van der Waals surface area (Å²) in [6, 6.07) is 0. The topological polar surface area (TPSA) is 206 Å². The summed E-state index contributed by atoms with van der Waals surface area (Å²) in [5.41, 5.74) is 0. The van der Waals surface area contributed by atoms with Gasteiger partial charge in [-0.3, -0.25) is 8.42 Å². The maximum absolute atomic E-state index is 8.52. The van der Waals surface area contributed by atoms with Crippen LogP contribution in [-0.2, 0) is 10.4 Å². The van der Waals surface area contributed by atoms with Crippen LogP contribution in [0.3, 0.4) is 0 Å². The summed E-state index contributed by atoms with van der Waals surface area (Å²) < 4.78 is 34.1. The largest absolute Gasteiger partial charge is 0.759 e. The molecule has 0 spiro atoms. The molecule has 0 aliphatic heterocycles. The van der Waals surface area contributed by atoms with E-state index >= 15 is 0 Å². The van der Waals surface area contributed by atoms with Crippen LogP contribution in [0.4, 0.5) is 0 Å². The van der Waals surface area contributed by atoms with E-state index in [0.29, 0.717) is 0 Å². The van der Waals surface area contributed by atoms with E-state index in [4.69, 9.17) is 17.5 Å². The van der Waals surface area contributed by atoms with Gasteiger partial charge in [-0.2, -0.15) is 0 Å². The predicted molar refractivity (Wildman–Crippen MR) is 24.9 cm³/mol. The molecule has 0 aliphatic carbocycles. The maximum Gasteiger partial charge on any atom is 0.0311 e. The third-order valence-electron chi connectivity index (χ3n) is 0. The van der Waals surface area contributed by atoms with Gasteiger partial charge in [0.05, 0.1) is 0 Å². The molecule has 0 saturated heterocycles. The molecular weight excluding hydrogens is 300 g/mol. The Morgan fingerprint density at radius 1 is 0.800 bits per heavy atom. The van der Waals surface area contributed by atoms with Crippen molar-refractivity contribution in [2.24, 2.45) is 0 Å². The van der Waals surface area contributed by atoms with Crippen LogP contribution >= 0.6 is 0 Å². The Hall–Kier alpha value is 1.09. The quantitative estimate of drug-likeness (QED) is 0.319. The van der Waals surface area contributed by atoms with Crippen LogP contribution in [0.5, 0.6) is 0 Å². The van der Waals surface area contributed by atoms with Gasteiger partial charge in [-0.15, -0.1) is 0 Å². The first-order chi connectivity index (χ1) is 2.00. The average Bonchev–Trinajstić information content (AvgIpc) is 0.722. The molecule has 0 aromatic rings. The molecule has 0 saturated carbocycles. The van der Waals surface area contributed by atoms with Crippen LogP contribution < -0.4 is 0 Å². The van der Waals surface area contributed by atoms with E-state index in [-0.39, 0.29) is 63.7 Å². The fraction of sp³-hybridized carbons (Fsp3) is 0. The summed E-state index contributed by atoms with van der Waals surface area (Å²) in [5, 5.41) is 0. The van der Waals surface area contributed by atoms with Gasteiger partial charge in [-0.25, -0.2) is 0 Å². The summed E-state index contributed by atoms with van der Waals surface area (Å²) in [6.07, 6.45) is 0. The molecule has 0 aromatic heterocycles. The second-order valence-corrected chi connectivity index (χ2v) is 1.22. The number of hydrogen-bond donors (Lipinski definition) is 0. The van der Waals surface area contributed by atoms with E-state index in [2.05, 4.69) is 0 Å². The Balaban J connectivity index is -0.00000000800. The van der Waals surface area contributed by atoms with Crippen molar-refractivity contribution >= 4 is 10.4 Å². The van der Waals surface area contributed by atoms with E-state index in [1.807, 2.05) is 0 Å². The monoisotopic (exact) mass is 308 g/mol. The Labute approximate surface area is 90.8 Å². The molecule has 0 amide bonds. The number of hydrogen-bond acceptors (Lipinski definition) is 4. The molecule has 0 heterocycles. The maximum atomic E-state index is 8.52. The first kappa shape index (κ1) is 43.6. The summed E-state index contributed by atoms with van der Waals surface area (Å²) in [5.74, 6) is 0. The zero-order valence-corrected chi connectivity index (χ0v) is 8.50. The van der Waals surface area contributed by atoms with E-state index in [1.165, 1.54) is 0 Å². The first-order valence-electron chi connectivity index (χ1n) is 0.667. The second kappa shape index (κ2) is 16.6. The summed E-state index contributed by atoms with van der Waals surface area (Å²) in [6.45, 7) is 0. The zero-order chi connectivity index (χ0) is 4.50. The van der Waals surface area contributed by atoms with Crippen molar-refractivity contribution in [1.29, 1.82) is 0 Å². The van der Waals surface area contributed by atoms with E-state index in [9.17, 15) is 0 Å². The van der Waals surface area contributed by atoms with E-state index in [1.54, 1.807) is 0 Å². The molecule has 68 valence electrons. The van der Waals surface area contributed by atoms with E-state index in [0.717, 1.165) is 0 Å². The van der Waals surface area contributed by atoms with E-state index < -0.39 is 10.4 Å². The molecule has 0 bridgehead atoms. The Morgan fingerprint density at radius 3 is 0.800 bits per heavy atom. The molecule has 0 fully saturated rings. The van der Waals surface area contributed by atoms with Crippen LogP contribution in [0.2, 0.25) is 0 Å². The standard InChI is InChI=1S/Ce.H2O4S.4H2O/c;1-5(2,3)4;;;;/h;(H2,1,2,3,4);4*1H2/p-2. The van der Waals surface area contributed by atoms with Crippen molar-refractivity contribution in [2.75, 3.05) is 0 Å². The molecule has 8 nitrogen and oxygen atoms in total. The van der Waals surface area contributed by atoms with Gasteiger partial charge >= 0.3 is 0 Å². The van der Waals surface area contributed by atoms with Crippen LogP contribution in [0, 0.1) is 41.7 Å². The SMILES string of the molecule is O.O.O.O.O=S(=O)([O-])[O-].[Ce]. The zero-order valence-electron chi connectivity index (χ0n) is 4.54. The minimum atomic E-state index is -5.17. The predicted octanol–water partition coefficient (Wildman–Crippen LogP) is -4.64. The average molecular weight is 308 g/mol. The van der Waals surface area contributed by atoms with Crippen molar-refractivity contribution in [3.05, 3.63) is 0 Å². The molecule has 0 radical (unpaired) electrons. The molecule has 0 unspecified atom stereocenters. The van der Waals surface area contributed by atoms with Gasteiger partial charge in [-0.05, 0) is 0 Å². The van der Waals surface area contributed by atoms with Gasteiger partial charge < -0.3 is 31.0 Å². The third-order valence-corrected chi connectivity index (χ3v) is 0. The summed E-state index contributed by atoms with van der Waals surface area (Å²) >= 11 is 0.